The van der Waals surface area contributed by atoms with Crippen molar-refractivity contribution >= 4 is 16.9 Å². The van der Waals surface area contributed by atoms with Crippen molar-refractivity contribution < 1.29 is 14.3 Å². The van der Waals surface area contributed by atoms with Crippen LogP contribution in [0.2, 0.25) is 0 Å². The van der Waals surface area contributed by atoms with Crippen LogP contribution in [0.25, 0.3) is 10.9 Å². The third kappa shape index (κ3) is 1.87. The topological polar surface area (TPSA) is 50.2 Å². The summed E-state index contributed by atoms with van der Waals surface area (Å²) < 4.78 is 13.6. The van der Waals surface area contributed by atoms with Crippen LogP contribution in [0.5, 0.6) is 0 Å². The summed E-state index contributed by atoms with van der Waals surface area (Å²) in [7, 11) is 0. The molecule has 19 heavy (non-hydrogen) atoms. The minimum atomic E-state index is -0.990. The van der Waals surface area contributed by atoms with E-state index in [1.54, 1.807) is 6.92 Å². The molecular weight excluding hydrogens is 245 g/mol. The highest BCUT2D eigenvalue weighted by molar-refractivity contribution is 6.05. The Kier molecular flexibility index (Phi) is 2.73. The zero-order valence-corrected chi connectivity index (χ0v) is 10.7. The molecule has 0 unspecified atom stereocenters. The fourth-order valence-corrected chi connectivity index (χ4v) is 2.90. The Labute approximate surface area is 110 Å². The predicted octanol–water partition coefficient (Wildman–Crippen LogP) is 3.26. The Bertz CT molecular complexity index is 694. The van der Waals surface area contributed by atoms with E-state index in [1.807, 2.05) is 0 Å². The van der Waals surface area contributed by atoms with Crippen LogP contribution in [-0.2, 0) is 12.8 Å². The lowest BCUT2D eigenvalue weighted by Crippen LogP contribution is -2.13. The monoisotopic (exact) mass is 259 g/mol. The number of aromatic carboxylic acids is 1. The van der Waals surface area contributed by atoms with Crippen LogP contribution in [0, 0.1) is 12.7 Å². The highest BCUT2D eigenvalue weighted by Crippen LogP contribution is 2.31. The number of hydrogen-bond acceptors (Lipinski definition) is 2. The van der Waals surface area contributed by atoms with Gasteiger partial charge in [-0.25, -0.2) is 9.18 Å². The number of fused-ring (bicyclic) bond motifs is 2. The van der Waals surface area contributed by atoms with Gasteiger partial charge in [-0.3, -0.25) is 4.98 Å². The van der Waals surface area contributed by atoms with Crippen molar-refractivity contribution in [3.05, 3.63) is 40.3 Å². The smallest absolute Gasteiger partial charge is 0.336 e. The third-order valence-corrected chi connectivity index (χ3v) is 3.74. The molecule has 0 atom stereocenters. The van der Waals surface area contributed by atoms with E-state index in [0.29, 0.717) is 16.5 Å². The summed E-state index contributed by atoms with van der Waals surface area (Å²) in [6, 6.07) is 2.68. The lowest BCUT2D eigenvalue weighted by Gasteiger charge is -2.19. The number of carboxylic acids is 1. The van der Waals surface area contributed by atoms with Crippen molar-refractivity contribution in [2.45, 2.75) is 32.6 Å². The molecule has 1 heterocycles. The zero-order valence-electron chi connectivity index (χ0n) is 10.7. The molecule has 0 spiro atoms. The molecule has 2 aromatic rings. The summed E-state index contributed by atoms with van der Waals surface area (Å²) in [6.45, 7) is 1.76. The first-order chi connectivity index (χ1) is 9.08. The van der Waals surface area contributed by atoms with Crippen LogP contribution in [0.15, 0.2) is 12.1 Å². The second-order valence-electron chi connectivity index (χ2n) is 5.04. The number of carboxylic acid groups (broad SMARTS) is 1. The van der Waals surface area contributed by atoms with E-state index < -0.39 is 11.8 Å². The molecule has 1 N–H and O–H groups in total. The molecule has 0 bridgehead atoms. The van der Waals surface area contributed by atoms with Crippen molar-refractivity contribution in [3.63, 3.8) is 0 Å². The quantitative estimate of drug-likeness (QED) is 0.855. The number of benzene rings is 1. The fourth-order valence-electron chi connectivity index (χ4n) is 2.90. The van der Waals surface area contributed by atoms with Gasteiger partial charge in [0.25, 0.3) is 0 Å². The maximum absolute atomic E-state index is 13.6. The molecule has 1 aliphatic carbocycles. The molecular formula is C15H14FNO2. The molecule has 1 aromatic heterocycles. The summed E-state index contributed by atoms with van der Waals surface area (Å²) in [5.41, 5.74) is 3.19. The highest BCUT2D eigenvalue weighted by Gasteiger charge is 2.23. The maximum Gasteiger partial charge on any atom is 0.336 e. The fraction of sp³-hybridized carbons (Fsp3) is 0.333. The molecule has 0 aliphatic heterocycles. The Morgan fingerprint density at radius 2 is 2.05 bits per heavy atom. The van der Waals surface area contributed by atoms with Gasteiger partial charge in [0, 0.05) is 11.1 Å². The molecule has 3 rings (SSSR count). The summed E-state index contributed by atoms with van der Waals surface area (Å²) in [6.07, 6.45) is 3.53. The number of nitrogens with zero attached hydrogens (tertiary/aromatic N) is 1. The molecule has 1 aliphatic rings. The standard InChI is InChI=1S/C15H14FNO2/c1-8-6-9(16)7-11-13(15(18)19)10-4-2-3-5-12(10)17-14(8)11/h6-7H,2-5H2,1H3,(H,18,19). The summed E-state index contributed by atoms with van der Waals surface area (Å²) >= 11 is 0. The summed E-state index contributed by atoms with van der Waals surface area (Å²) in [4.78, 5) is 16.1. The summed E-state index contributed by atoms with van der Waals surface area (Å²) in [5, 5.41) is 9.89. The Balaban J connectivity index is 2.46. The Hall–Kier alpha value is -1.97. The molecule has 3 nitrogen and oxygen atoms in total. The third-order valence-electron chi connectivity index (χ3n) is 3.74. The number of halogens is 1. The zero-order chi connectivity index (χ0) is 13.6. The first-order valence-electron chi connectivity index (χ1n) is 6.43. The van der Waals surface area contributed by atoms with Gasteiger partial charge in [-0.2, -0.15) is 0 Å². The minimum Gasteiger partial charge on any atom is -0.478 e. The molecule has 98 valence electrons. The highest BCUT2D eigenvalue weighted by atomic mass is 19.1. The van der Waals surface area contributed by atoms with Crippen LogP contribution in [0.1, 0.15) is 40.0 Å². The second kappa shape index (κ2) is 4.30. The number of pyridine rings is 1. The predicted molar refractivity (Wildman–Crippen MR) is 70.0 cm³/mol. The van der Waals surface area contributed by atoms with Gasteiger partial charge in [0.2, 0.25) is 0 Å². The van der Waals surface area contributed by atoms with E-state index in [2.05, 4.69) is 4.98 Å². The molecule has 4 heteroatoms. The van der Waals surface area contributed by atoms with Crippen LogP contribution >= 0.6 is 0 Å². The Morgan fingerprint density at radius 1 is 1.32 bits per heavy atom. The maximum atomic E-state index is 13.6. The van der Waals surface area contributed by atoms with E-state index in [0.717, 1.165) is 36.9 Å². The van der Waals surface area contributed by atoms with Gasteiger partial charge in [0.1, 0.15) is 5.82 Å². The van der Waals surface area contributed by atoms with Crippen LogP contribution < -0.4 is 0 Å². The lowest BCUT2D eigenvalue weighted by molar-refractivity contribution is 0.0697. The normalized spacial score (nSPS) is 14.4. The molecule has 0 saturated carbocycles. The SMILES string of the molecule is Cc1cc(F)cc2c(C(=O)O)c3c(nc12)CCCC3. The van der Waals surface area contributed by atoms with Gasteiger partial charge in [-0.05, 0) is 55.9 Å². The first kappa shape index (κ1) is 12.1. The van der Waals surface area contributed by atoms with E-state index in [1.165, 1.54) is 12.1 Å². The average molecular weight is 259 g/mol. The number of aryl methyl sites for hydroxylation is 2. The van der Waals surface area contributed by atoms with Crippen LogP contribution in [-0.4, -0.2) is 16.1 Å². The van der Waals surface area contributed by atoms with Crippen LogP contribution in [0.4, 0.5) is 4.39 Å². The van der Waals surface area contributed by atoms with Crippen molar-refractivity contribution in [3.8, 4) is 0 Å². The molecule has 0 saturated heterocycles. The molecule has 0 amide bonds. The van der Waals surface area contributed by atoms with E-state index in [4.69, 9.17) is 0 Å². The molecule has 0 radical (unpaired) electrons. The largest absolute Gasteiger partial charge is 0.478 e. The van der Waals surface area contributed by atoms with Gasteiger partial charge < -0.3 is 5.11 Å². The number of aromatic nitrogens is 1. The van der Waals surface area contributed by atoms with Gasteiger partial charge in [0.05, 0.1) is 11.1 Å². The van der Waals surface area contributed by atoms with Gasteiger partial charge in [-0.15, -0.1) is 0 Å². The van der Waals surface area contributed by atoms with E-state index >= 15 is 0 Å². The first-order valence-corrected chi connectivity index (χ1v) is 6.43. The van der Waals surface area contributed by atoms with Gasteiger partial charge in [0.15, 0.2) is 0 Å². The second-order valence-corrected chi connectivity index (χ2v) is 5.04. The minimum absolute atomic E-state index is 0.238. The number of carbonyl (C=O) groups is 1. The number of rotatable bonds is 1. The molecule has 1 aromatic carbocycles. The molecule has 0 fully saturated rings. The van der Waals surface area contributed by atoms with E-state index in [9.17, 15) is 14.3 Å². The van der Waals surface area contributed by atoms with Crippen LogP contribution in [0.3, 0.4) is 0 Å². The van der Waals surface area contributed by atoms with Gasteiger partial charge >= 0.3 is 5.97 Å². The average Bonchev–Trinajstić information content (AvgIpc) is 2.36. The van der Waals surface area contributed by atoms with Crippen molar-refractivity contribution in [2.75, 3.05) is 0 Å². The van der Waals surface area contributed by atoms with E-state index in [-0.39, 0.29) is 5.56 Å². The van der Waals surface area contributed by atoms with Crippen molar-refractivity contribution in [1.82, 2.24) is 4.98 Å². The van der Waals surface area contributed by atoms with Crippen molar-refractivity contribution in [1.29, 1.82) is 0 Å². The Morgan fingerprint density at radius 3 is 2.79 bits per heavy atom. The van der Waals surface area contributed by atoms with Gasteiger partial charge in [-0.1, -0.05) is 0 Å². The summed E-state index contributed by atoms with van der Waals surface area (Å²) in [5.74, 6) is -1.40. The lowest BCUT2D eigenvalue weighted by atomic mass is 9.89. The number of hydrogen-bond donors (Lipinski definition) is 1. The van der Waals surface area contributed by atoms with Crippen molar-refractivity contribution in [2.24, 2.45) is 0 Å².